The van der Waals surface area contributed by atoms with Crippen LogP contribution >= 0.6 is 11.3 Å². The van der Waals surface area contributed by atoms with E-state index in [0.717, 1.165) is 25.1 Å². The number of nitrogens with one attached hydrogen (secondary N) is 2. The Bertz CT molecular complexity index is 633. The summed E-state index contributed by atoms with van der Waals surface area (Å²) in [4.78, 5) is 13.4. The van der Waals surface area contributed by atoms with E-state index in [9.17, 15) is 4.79 Å². The van der Waals surface area contributed by atoms with Crippen LogP contribution in [0.25, 0.3) is 0 Å². The molecule has 20 heavy (non-hydrogen) atoms. The predicted octanol–water partition coefficient (Wildman–Crippen LogP) is 2.63. The van der Waals surface area contributed by atoms with Gasteiger partial charge in [0.1, 0.15) is 0 Å². The number of aryl methyl sites for hydroxylation is 1. The molecule has 1 aromatic heterocycles. The van der Waals surface area contributed by atoms with Gasteiger partial charge in [-0.1, -0.05) is 6.07 Å². The molecule has 3 rings (SSSR count). The average molecular weight is 286 g/mol. The molecule has 0 saturated carbocycles. The third kappa shape index (κ3) is 2.76. The molecule has 0 aliphatic carbocycles. The first-order valence-corrected chi connectivity index (χ1v) is 7.75. The first-order chi connectivity index (χ1) is 9.74. The Balaban J connectivity index is 1.69. The van der Waals surface area contributed by atoms with Crippen molar-refractivity contribution in [2.45, 2.75) is 26.4 Å². The highest BCUT2D eigenvalue weighted by Crippen LogP contribution is 2.17. The highest BCUT2D eigenvalue weighted by Gasteiger charge is 2.12. The van der Waals surface area contributed by atoms with E-state index >= 15 is 0 Å². The van der Waals surface area contributed by atoms with Crippen molar-refractivity contribution in [3.05, 3.63) is 56.8 Å². The summed E-state index contributed by atoms with van der Waals surface area (Å²) in [5.41, 5.74) is 4.59. The number of fused-ring (bicyclic) bond motifs is 1. The molecule has 0 radical (unpaired) electrons. The maximum Gasteiger partial charge on any atom is 0.251 e. The van der Waals surface area contributed by atoms with Crippen molar-refractivity contribution in [1.29, 1.82) is 0 Å². The summed E-state index contributed by atoms with van der Waals surface area (Å²) >= 11 is 1.68. The molecule has 4 heteroatoms. The number of rotatable bonds is 3. The second-order valence-electron chi connectivity index (χ2n) is 5.12. The van der Waals surface area contributed by atoms with Crippen molar-refractivity contribution in [3.63, 3.8) is 0 Å². The summed E-state index contributed by atoms with van der Waals surface area (Å²) in [6.45, 7) is 4.57. The van der Waals surface area contributed by atoms with Crippen molar-refractivity contribution >= 4 is 17.2 Å². The summed E-state index contributed by atoms with van der Waals surface area (Å²) < 4.78 is 0. The van der Waals surface area contributed by atoms with Crippen LogP contribution in [0.2, 0.25) is 0 Å². The molecular formula is C16H18N2OS. The molecule has 0 atom stereocenters. The molecule has 2 aromatic rings. The smallest absolute Gasteiger partial charge is 0.251 e. The van der Waals surface area contributed by atoms with Gasteiger partial charge in [0.2, 0.25) is 0 Å². The third-order valence-corrected chi connectivity index (χ3v) is 4.76. The zero-order valence-corrected chi connectivity index (χ0v) is 12.3. The van der Waals surface area contributed by atoms with Crippen molar-refractivity contribution < 1.29 is 4.79 Å². The normalized spacial score (nSPS) is 13.8. The Hall–Kier alpha value is -1.65. The quantitative estimate of drug-likeness (QED) is 0.910. The van der Waals surface area contributed by atoms with Gasteiger partial charge in [0.25, 0.3) is 5.91 Å². The van der Waals surface area contributed by atoms with Gasteiger partial charge >= 0.3 is 0 Å². The van der Waals surface area contributed by atoms with Crippen molar-refractivity contribution in [3.8, 4) is 0 Å². The SMILES string of the molecule is Cc1ccsc1CNC(=O)c1ccc2c(c1)CNCC2. The molecular weight excluding hydrogens is 268 g/mol. The van der Waals surface area contributed by atoms with Crippen LogP contribution < -0.4 is 10.6 Å². The molecule has 104 valence electrons. The van der Waals surface area contributed by atoms with Gasteiger partial charge in [-0.25, -0.2) is 0 Å². The zero-order chi connectivity index (χ0) is 13.9. The first kappa shape index (κ1) is 13.3. The maximum atomic E-state index is 12.2. The highest BCUT2D eigenvalue weighted by atomic mass is 32.1. The Morgan fingerprint density at radius 3 is 3.05 bits per heavy atom. The van der Waals surface area contributed by atoms with E-state index in [1.165, 1.54) is 21.6 Å². The van der Waals surface area contributed by atoms with Crippen LogP contribution in [0.1, 0.15) is 31.9 Å². The van der Waals surface area contributed by atoms with E-state index in [4.69, 9.17) is 0 Å². The molecule has 1 aliphatic heterocycles. The number of amides is 1. The van der Waals surface area contributed by atoms with Gasteiger partial charge in [0, 0.05) is 17.0 Å². The number of carbonyl (C=O) groups is 1. The molecule has 0 spiro atoms. The molecule has 0 saturated heterocycles. The van der Waals surface area contributed by atoms with Crippen LogP contribution in [-0.2, 0) is 19.5 Å². The van der Waals surface area contributed by atoms with E-state index in [1.807, 2.05) is 12.1 Å². The lowest BCUT2D eigenvalue weighted by atomic mass is 9.98. The molecule has 3 nitrogen and oxygen atoms in total. The Morgan fingerprint density at radius 2 is 2.25 bits per heavy atom. The van der Waals surface area contributed by atoms with Gasteiger partial charge in [0.15, 0.2) is 0 Å². The van der Waals surface area contributed by atoms with E-state index < -0.39 is 0 Å². The second kappa shape index (κ2) is 5.77. The van der Waals surface area contributed by atoms with Crippen molar-refractivity contribution in [1.82, 2.24) is 10.6 Å². The molecule has 2 N–H and O–H groups in total. The maximum absolute atomic E-state index is 12.2. The fraction of sp³-hybridized carbons (Fsp3) is 0.312. The Labute approximate surface area is 123 Å². The molecule has 0 bridgehead atoms. The highest BCUT2D eigenvalue weighted by molar-refractivity contribution is 7.10. The predicted molar refractivity (Wildman–Crippen MR) is 82.1 cm³/mol. The molecule has 0 fully saturated rings. The van der Waals surface area contributed by atoms with Crippen LogP contribution in [0, 0.1) is 6.92 Å². The fourth-order valence-corrected chi connectivity index (χ4v) is 3.32. The number of hydrogen-bond donors (Lipinski definition) is 2. The molecule has 1 amide bonds. The average Bonchev–Trinajstić information content (AvgIpc) is 2.89. The van der Waals surface area contributed by atoms with Gasteiger partial charge in [0.05, 0.1) is 6.54 Å². The lowest BCUT2D eigenvalue weighted by molar-refractivity contribution is 0.0951. The van der Waals surface area contributed by atoms with Crippen LogP contribution in [0.15, 0.2) is 29.6 Å². The van der Waals surface area contributed by atoms with Crippen LogP contribution in [0.3, 0.4) is 0 Å². The lowest BCUT2D eigenvalue weighted by Gasteiger charge is -2.17. The molecule has 1 aromatic carbocycles. The lowest BCUT2D eigenvalue weighted by Crippen LogP contribution is -2.26. The van der Waals surface area contributed by atoms with E-state index in [1.54, 1.807) is 11.3 Å². The van der Waals surface area contributed by atoms with Crippen molar-refractivity contribution in [2.24, 2.45) is 0 Å². The summed E-state index contributed by atoms with van der Waals surface area (Å²) in [5.74, 6) is 0.00572. The minimum absolute atomic E-state index is 0.00572. The van der Waals surface area contributed by atoms with Gasteiger partial charge in [-0.15, -0.1) is 11.3 Å². The zero-order valence-electron chi connectivity index (χ0n) is 11.5. The summed E-state index contributed by atoms with van der Waals surface area (Å²) in [7, 11) is 0. The number of thiophene rings is 1. The van der Waals surface area contributed by atoms with Crippen LogP contribution in [0.4, 0.5) is 0 Å². The minimum Gasteiger partial charge on any atom is -0.347 e. The second-order valence-corrected chi connectivity index (χ2v) is 6.12. The first-order valence-electron chi connectivity index (χ1n) is 6.88. The minimum atomic E-state index is 0.00572. The third-order valence-electron chi connectivity index (χ3n) is 3.73. The van der Waals surface area contributed by atoms with Gasteiger partial charge in [-0.3, -0.25) is 4.79 Å². The summed E-state index contributed by atoms with van der Waals surface area (Å²) in [6, 6.07) is 8.11. The standard InChI is InChI=1S/C16H18N2OS/c1-11-5-7-20-15(11)10-18-16(19)13-3-2-12-4-6-17-9-14(12)8-13/h2-3,5,7-8,17H,4,6,9-10H2,1H3,(H,18,19). The van der Waals surface area contributed by atoms with Gasteiger partial charge in [-0.05, 0) is 60.2 Å². The summed E-state index contributed by atoms with van der Waals surface area (Å²) in [5, 5.41) is 8.40. The van der Waals surface area contributed by atoms with E-state index in [2.05, 4.69) is 35.1 Å². The van der Waals surface area contributed by atoms with Gasteiger partial charge in [-0.2, -0.15) is 0 Å². The van der Waals surface area contributed by atoms with Gasteiger partial charge < -0.3 is 10.6 Å². The van der Waals surface area contributed by atoms with E-state index in [0.29, 0.717) is 6.54 Å². The summed E-state index contributed by atoms with van der Waals surface area (Å²) in [6.07, 6.45) is 1.05. The monoisotopic (exact) mass is 286 g/mol. The number of hydrogen-bond acceptors (Lipinski definition) is 3. The Morgan fingerprint density at radius 1 is 1.35 bits per heavy atom. The fourth-order valence-electron chi connectivity index (χ4n) is 2.47. The van der Waals surface area contributed by atoms with Crippen molar-refractivity contribution in [2.75, 3.05) is 6.54 Å². The van der Waals surface area contributed by atoms with E-state index in [-0.39, 0.29) is 5.91 Å². The number of carbonyl (C=O) groups excluding carboxylic acids is 1. The largest absolute Gasteiger partial charge is 0.347 e. The Kier molecular flexibility index (Phi) is 3.85. The number of benzene rings is 1. The van der Waals surface area contributed by atoms with Crippen LogP contribution in [-0.4, -0.2) is 12.5 Å². The molecule has 2 heterocycles. The molecule has 1 aliphatic rings. The topological polar surface area (TPSA) is 41.1 Å². The van der Waals surface area contributed by atoms with Crippen LogP contribution in [0.5, 0.6) is 0 Å². The molecule has 0 unspecified atom stereocenters.